The molecule has 0 spiro atoms. The number of ether oxygens (including phenoxy) is 1. The highest BCUT2D eigenvalue weighted by atomic mass is 32.1. The number of ketones is 1. The third-order valence-electron chi connectivity index (χ3n) is 7.15. The van der Waals surface area contributed by atoms with Crippen molar-refractivity contribution in [2.75, 3.05) is 0 Å². The van der Waals surface area contributed by atoms with Crippen molar-refractivity contribution in [3.8, 4) is 39.0 Å². The summed E-state index contributed by atoms with van der Waals surface area (Å²) in [6.07, 6.45) is 15.0. The summed E-state index contributed by atoms with van der Waals surface area (Å²) in [4.78, 5) is 35.2. The summed E-state index contributed by atoms with van der Waals surface area (Å²) in [5.41, 5.74) is 5.60. The molecule has 0 bridgehead atoms. The number of nitrogens with one attached hydrogen (secondary N) is 2. The molecule has 1 saturated carbocycles. The number of nitrogens with zero attached hydrogens (tertiary/aromatic N) is 5. The monoisotopic (exact) mass is 535 g/mol. The summed E-state index contributed by atoms with van der Waals surface area (Å²) in [5, 5.41) is 8.52. The molecule has 9 nitrogen and oxygen atoms in total. The fraction of sp³-hybridized carbons (Fsp3) is 0.241. The first-order valence-corrected chi connectivity index (χ1v) is 13.9. The van der Waals surface area contributed by atoms with E-state index in [1.54, 1.807) is 37.9 Å². The van der Waals surface area contributed by atoms with Crippen molar-refractivity contribution in [1.82, 2.24) is 35.1 Å². The largest absolute Gasteiger partial charge is 0.489 e. The van der Waals surface area contributed by atoms with E-state index in [4.69, 9.17) is 9.72 Å². The van der Waals surface area contributed by atoms with Crippen molar-refractivity contribution >= 4 is 39.1 Å². The summed E-state index contributed by atoms with van der Waals surface area (Å²) in [7, 11) is 0. The van der Waals surface area contributed by atoms with Gasteiger partial charge in [-0.2, -0.15) is 5.10 Å². The number of carbonyl (C=O) groups is 1. The molecule has 6 aromatic rings. The van der Waals surface area contributed by atoms with E-state index in [9.17, 15) is 4.79 Å². The molecule has 7 rings (SSSR count). The molecule has 1 aliphatic rings. The van der Waals surface area contributed by atoms with Crippen LogP contribution in [-0.2, 0) is 0 Å². The average Bonchev–Trinajstić information content (AvgIpc) is 3.71. The van der Waals surface area contributed by atoms with Crippen molar-refractivity contribution in [3.05, 3.63) is 60.1 Å². The molecule has 1 aliphatic carbocycles. The quantitative estimate of drug-likeness (QED) is 0.230. The third-order valence-corrected chi connectivity index (χ3v) is 8.37. The summed E-state index contributed by atoms with van der Waals surface area (Å²) >= 11 is 1.44. The normalized spacial score (nSPS) is 14.3. The first-order valence-electron chi connectivity index (χ1n) is 13.0. The minimum atomic E-state index is 0.0443. The predicted octanol–water partition coefficient (Wildman–Crippen LogP) is 6.60. The Hall–Kier alpha value is -4.44. The van der Waals surface area contributed by atoms with Crippen molar-refractivity contribution in [3.63, 3.8) is 0 Å². The van der Waals surface area contributed by atoms with Gasteiger partial charge in [-0.05, 0) is 56.9 Å². The molecule has 0 amide bonds. The minimum Gasteiger partial charge on any atom is -0.489 e. The molecule has 10 heteroatoms. The van der Waals surface area contributed by atoms with Crippen molar-refractivity contribution in [2.45, 2.75) is 45.1 Å². The van der Waals surface area contributed by atoms with Crippen molar-refractivity contribution in [2.24, 2.45) is 0 Å². The van der Waals surface area contributed by atoms with Gasteiger partial charge in [0.2, 0.25) is 0 Å². The fourth-order valence-corrected chi connectivity index (χ4v) is 6.06. The number of H-pyrrole nitrogens is 2. The molecule has 0 aromatic carbocycles. The van der Waals surface area contributed by atoms with E-state index in [0.717, 1.165) is 62.2 Å². The molecule has 6 aromatic heterocycles. The van der Waals surface area contributed by atoms with E-state index in [-0.39, 0.29) is 11.9 Å². The van der Waals surface area contributed by atoms with Gasteiger partial charge in [0.05, 0.1) is 46.3 Å². The Labute approximate surface area is 227 Å². The van der Waals surface area contributed by atoms with Crippen LogP contribution in [-0.4, -0.2) is 47.0 Å². The average molecular weight is 536 g/mol. The number of fused-ring (bicyclic) bond motifs is 2. The van der Waals surface area contributed by atoms with Gasteiger partial charge >= 0.3 is 0 Å². The van der Waals surface area contributed by atoms with Crippen molar-refractivity contribution in [1.29, 1.82) is 0 Å². The van der Waals surface area contributed by atoms with Crippen LogP contribution in [0.15, 0.2) is 55.2 Å². The number of imidazole rings is 1. The van der Waals surface area contributed by atoms with Gasteiger partial charge in [-0.1, -0.05) is 6.42 Å². The van der Waals surface area contributed by atoms with Crippen LogP contribution in [0.1, 0.15) is 48.7 Å². The lowest BCUT2D eigenvalue weighted by Gasteiger charge is -2.22. The maximum Gasteiger partial charge on any atom is 0.169 e. The van der Waals surface area contributed by atoms with E-state index in [1.165, 1.54) is 30.6 Å². The molecule has 0 saturated heterocycles. The summed E-state index contributed by atoms with van der Waals surface area (Å²) < 4.78 is 6.23. The van der Waals surface area contributed by atoms with Crippen LogP contribution >= 0.6 is 11.3 Å². The Kier molecular flexibility index (Phi) is 5.89. The number of rotatable bonds is 6. The topological polar surface area (TPSA) is 122 Å². The zero-order chi connectivity index (χ0) is 26.3. The van der Waals surface area contributed by atoms with Gasteiger partial charge in [-0.15, -0.1) is 11.3 Å². The number of aromatic nitrogens is 7. The molecule has 0 radical (unpaired) electrons. The SMILES string of the molecule is CC(=O)c1ccc(-c2cncc3[nH]c(-c4n[nH]c5cnc(-c6cncc(OC7CCCCC7)c6)cc45)nc23)s1. The van der Waals surface area contributed by atoms with Crippen LogP contribution in [0.25, 0.3) is 55.2 Å². The number of Topliss-reactive ketones (excluding diaryl/α,β-unsaturated/α-hetero) is 1. The number of hydrogen-bond donors (Lipinski definition) is 2. The lowest BCUT2D eigenvalue weighted by atomic mass is 9.98. The number of thiophene rings is 1. The van der Waals surface area contributed by atoms with Gasteiger partial charge in [0.15, 0.2) is 11.6 Å². The molecule has 2 N–H and O–H groups in total. The van der Waals surface area contributed by atoms with E-state index in [0.29, 0.717) is 16.4 Å². The van der Waals surface area contributed by atoms with Crippen LogP contribution in [0.5, 0.6) is 5.75 Å². The van der Waals surface area contributed by atoms with Gasteiger partial charge in [0.25, 0.3) is 0 Å². The van der Waals surface area contributed by atoms with E-state index in [2.05, 4.69) is 30.1 Å². The maximum atomic E-state index is 11.8. The summed E-state index contributed by atoms with van der Waals surface area (Å²) in [6, 6.07) is 7.79. The third kappa shape index (κ3) is 4.46. The van der Waals surface area contributed by atoms with Crippen LogP contribution in [0, 0.1) is 0 Å². The second kappa shape index (κ2) is 9.70. The van der Waals surface area contributed by atoms with Gasteiger partial charge in [0, 0.05) is 33.8 Å². The zero-order valence-corrected chi connectivity index (χ0v) is 22.1. The minimum absolute atomic E-state index is 0.0443. The molecule has 1 fully saturated rings. The Morgan fingerprint density at radius 3 is 2.72 bits per heavy atom. The first-order chi connectivity index (χ1) is 19.1. The Morgan fingerprint density at radius 2 is 1.87 bits per heavy atom. The Balaban J connectivity index is 1.25. The van der Waals surface area contributed by atoms with E-state index < -0.39 is 0 Å². The van der Waals surface area contributed by atoms with Crippen LogP contribution in [0.3, 0.4) is 0 Å². The first kappa shape index (κ1) is 23.7. The number of pyridine rings is 3. The van der Waals surface area contributed by atoms with E-state index >= 15 is 0 Å². The van der Waals surface area contributed by atoms with Crippen LogP contribution in [0.2, 0.25) is 0 Å². The second-order valence-electron chi connectivity index (χ2n) is 9.86. The predicted molar refractivity (Wildman–Crippen MR) is 151 cm³/mol. The Bertz CT molecular complexity index is 1830. The second-order valence-corrected chi connectivity index (χ2v) is 10.9. The highest BCUT2D eigenvalue weighted by Crippen LogP contribution is 2.35. The Morgan fingerprint density at radius 1 is 1.00 bits per heavy atom. The van der Waals surface area contributed by atoms with Crippen LogP contribution in [0.4, 0.5) is 0 Å². The van der Waals surface area contributed by atoms with Gasteiger partial charge in [-0.3, -0.25) is 24.8 Å². The number of carbonyl (C=O) groups excluding carboxylic acids is 1. The summed E-state index contributed by atoms with van der Waals surface area (Å²) in [6.45, 7) is 1.57. The molecular weight excluding hydrogens is 510 g/mol. The highest BCUT2D eigenvalue weighted by molar-refractivity contribution is 7.17. The number of hydrogen-bond acceptors (Lipinski definition) is 8. The van der Waals surface area contributed by atoms with Gasteiger partial charge in [0.1, 0.15) is 17.0 Å². The van der Waals surface area contributed by atoms with Gasteiger partial charge < -0.3 is 9.72 Å². The van der Waals surface area contributed by atoms with Gasteiger partial charge in [-0.25, -0.2) is 4.98 Å². The van der Waals surface area contributed by atoms with Crippen molar-refractivity contribution < 1.29 is 9.53 Å². The molecule has 39 heavy (non-hydrogen) atoms. The van der Waals surface area contributed by atoms with E-state index in [1.807, 2.05) is 24.3 Å². The molecule has 194 valence electrons. The maximum absolute atomic E-state index is 11.8. The fourth-order valence-electron chi connectivity index (χ4n) is 5.15. The molecule has 0 aliphatic heterocycles. The molecule has 6 heterocycles. The standard InChI is InChI=1S/C29H25N7O2S/c1-16(37)25-7-8-26(39-25)21-13-31-14-24-27(21)34-29(33-24)28-20-10-22(32-15-23(20)35-36-28)17-9-19(12-30-11-17)38-18-5-3-2-4-6-18/h7-15,18H,2-6H2,1H3,(H,33,34)(H,35,36). The molecule has 0 unspecified atom stereocenters. The smallest absolute Gasteiger partial charge is 0.169 e. The number of aromatic amines is 2. The lowest BCUT2D eigenvalue weighted by Crippen LogP contribution is -2.19. The summed E-state index contributed by atoms with van der Waals surface area (Å²) in [5.74, 6) is 1.44. The highest BCUT2D eigenvalue weighted by Gasteiger charge is 2.19. The molecule has 0 atom stereocenters. The zero-order valence-electron chi connectivity index (χ0n) is 21.3. The van der Waals surface area contributed by atoms with Crippen LogP contribution < -0.4 is 4.74 Å². The molecular formula is C29H25N7O2S. The lowest BCUT2D eigenvalue weighted by molar-refractivity contribution is 0.102.